The van der Waals surface area contributed by atoms with Crippen LogP contribution in [-0.4, -0.2) is 19.7 Å². The average molecular weight is 309 g/mol. The summed E-state index contributed by atoms with van der Waals surface area (Å²) in [5.74, 6) is 0.370. The van der Waals surface area contributed by atoms with E-state index in [9.17, 15) is 9.59 Å². The number of hydrogen-bond donors (Lipinski definition) is 2. The number of hydrogen-bond acceptors (Lipinski definition) is 5. The molecule has 0 aliphatic carbocycles. The molecule has 0 bridgehead atoms. The highest BCUT2D eigenvalue weighted by molar-refractivity contribution is 5.38. The first-order valence-corrected chi connectivity index (χ1v) is 7.10. The number of aromatic nitrogens is 4. The van der Waals surface area contributed by atoms with Crippen LogP contribution in [0.15, 0.2) is 64.4 Å². The van der Waals surface area contributed by atoms with Crippen LogP contribution in [-0.2, 0) is 0 Å². The topological polar surface area (TPSA) is 92.7 Å². The highest BCUT2D eigenvalue weighted by Gasteiger charge is 2.09. The maximum atomic E-state index is 12.2. The molecule has 2 aromatic heterocycles. The van der Waals surface area contributed by atoms with Gasteiger partial charge in [0.1, 0.15) is 5.82 Å². The van der Waals surface area contributed by atoms with Crippen LogP contribution < -0.4 is 16.6 Å². The van der Waals surface area contributed by atoms with Crippen LogP contribution in [0.4, 0.5) is 5.82 Å². The fourth-order valence-electron chi connectivity index (χ4n) is 2.29. The Bertz CT molecular complexity index is 872. The summed E-state index contributed by atoms with van der Waals surface area (Å²) in [5, 5.41) is 10.4. The minimum Gasteiger partial charge on any atom is -0.365 e. The van der Waals surface area contributed by atoms with Crippen molar-refractivity contribution in [2.24, 2.45) is 0 Å². The molecule has 0 saturated heterocycles. The predicted octanol–water partition coefficient (Wildman–Crippen LogP) is 1.49. The van der Waals surface area contributed by atoms with Crippen LogP contribution in [0, 0.1) is 0 Å². The van der Waals surface area contributed by atoms with Gasteiger partial charge in [-0.25, -0.2) is 9.36 Å². The predicted molar refractivity (Wildman–Crippen MR) is 86.7 cm³/mol. The molecular weight excluding hydrogens is 294 g/mol. The van der Waals surface area contributed by atoms with Crippen molar-refractivity contribution in [3.05, 3.63) is 81.3 Å². The van der Waals surface area contributed by atoms with Crippen molar-refractivity contribution in [1.82, 2.24) is 19.7 Å². The van der Waals surface area contributed by atoms with Gasteiger partial charge in [0.2, 0.25) is 0 Å². The summed E-state index contributed by atoms with van der Waals surface area (Å²) in [4.78, 5) is 27.1. The third-order valence-electron chi connectivity index (χ3n) is 3.43. The Morgan fingerprint density at radius 3 is 2.57 bits per heavy atom. The first-order chi connectivity index (χ1) is 11.1. The lowest BCUT2D eigenvalue weighted by molar-refractivity contribution is 0.829. The normalized spacial score (nSPS) is 11.9. The maximum absolute atomic E-state index is 12.2. The van der Waals surface area contributed by atoms with E-state index >= 15 is 0 Å². The second-order valence-electron chi connectivity index (χ2n) is 5.04. The molecule has 116 valence electrons. The second kappa shape index (κ2) is 6.27. The van der Waals surface area contributed by atoms with E-state index < -0.39 is 11.2 Å². The van der Waals surface area contributed by atoms with Gasteiger partial charge in [0.25, 0.3) is 5.56 Å². The van der Waals surface area contributed by atoms with E-state index in [4.69, 9.17) is 0 Å². The van der Waals surface area contributed by atoms with E-state index in [-0.39, 0.29) is 6.04 Å². The van der Waals surface area contributed by atoms with Crippen molar-refractivity contribution in [1.29, 1.82) is 0 Å². The summed E-state index contributed by atoms with van der Waals surface area (Å²) in [5.41, 5.74) is 0.447. The summed E-state index contributed by atoms with van der Waals surface area (Å²) >= 11 is 0. The van der Waals surface area contributed by atoms with Gasteiger partial charge in [-0.1, -0.05) is 30.3 Å². The van der Waals surface area contributed by atoms with Crippen molar-refractivity contribution in [2.75, 3.05) is 5.32 Å². The molecule has 23 heavy (non-hydrogen) atoms. The lowest BCUT2D eigenvalue weighted by Crippen LogP contribution is -2.34. The fraction of sp³-hybridized carbons (Fsp3) is 0.125. The van der Waals surface area contributed by atoms with Crippen molar-refractivity contribution < 1.29 is 0 Å². The molecule has 0 saturated carbocycles. The van der Waals surface area contributed by atoms with E-state index in [0.717, 1.165) is 10.1 Å². The summed E-state index contributed by atoms with van der Waals surface area (Å²) in [7, 11) is 0. The molecule has 0 spiro atoms. The molecule has 1 unspecified atom stereocenters. The third kappa shape index (κ3) is 3.18. The molecule has 1 atom stereocenters. The van der Waals surface area contributed by atoms with E-state index in [1.54, 1.807) is 6.07 Å². The second-order valence-corrected chi connectivity index (χ2v) is 5.04. The number of nitrogens with zero attached hydrogens (tertiary/aromatic N) is 3. The highest BCUT2D eigenvalue weighted by atomic mass is 16.2. The molecular formula is C16H15N5O2. The molecule has 0 aliphatic rings. The zero-order valence-electron chi connectivity index (χ0n) is 12.4. The van der Waals surface area contributed by atoms with Crippen molar-refractivity contribution >= 4 is 5.82 Å². The Balaban J connectivity index is 1.92. The zero-order chi connectivity index (χ0) is 16.2. The first kappa shape index (κ1) is 14.7. The van der Waals surface area contributed by atoms with Crippen LogP contribution in [0.3, 0.4) is 0 Å². The number of benzene rings is 1. The molecule has 3 rings (SSSR count). The molecule has 2 heterocycles. The van der Waals surface area contributed by atoms with E-state index in [0.29, 0.717) is 11.5 Å². The lowest BCUT2D eigenvalue weighted by atomic mass is 10.1. The number of aromatic amines is 1. The molecule has 7 nitrogen and oxygen atoms in total. The van der Waals surface area contributed by atoms with Crippen LogP contribution in [0.2, 0.25) is 0 Å². The molecule has 7 heteroatoms. The lowest BCUT2D eigenvalue weighted by Gasteiger charge is -2.15. The highest BCUT2D eigenvalue weighted by Crippen LogP contribution is 2.15. The van der Waals surface area contributed by atoms with E-state index in [1.165, 1.54) is 18.5 Å². The minimum absolute atomic E-state index is 0.0512. The Morgan fingerprint density at radius 2 is 1.91 bits per heavy atom. The fourth-order valence-corrected chi connectivity index (χ4v) is 2.29. The molecule has 0 amide bonds. The van der Waals surface area contributed by atoms with Gasteiger partial charge < -0.3 is 5.32 Å². The number of rotatable bonds is 4. The Kier molecular flexibility index (Phi) is 4.01. The largest absolute Gasteiger partial charge is 0.365 e. The van der Waals surface area contributed by atoms with Gasteiger partial charge in [-0.3, -0.25) is 9.78 Å². The van der Waals surface area contributed by atoms with Gasteiger partial charge in [-0.05, 0) is 18.6 Å². The quantitative estimate of drug-likeness (QED) is 0.761. The SMILES string of the molecule is CC(Nc1cc(=O)n(-c2ccnnc2)c(=O)[nH]1)c1ccccc1. The van der Waals surface area contributed by atoms with Crippen molar-refractivity contribution in [2.45, 2.75) is 13.0 Å². The molecule has 2 N–H and O–H groups in total. The van der Waals surface area contributed by atoms with Crippen molar-refractivity contribution in [3.63, 3.8) is 0 Å². The molecule has 3 aromatic rings. The number of nitrogens with one attached hydrogen (secondary N) is 2. The van der Waals surface area contributed by atoms with E-state index in [2.05, 4.69) is 20.5 Å². The van der Waals surface area contributed by atoms with Crippen molar-refractivity contribution in [3.8, 4) is 5.69 Å². The number of anilines is 1. The average Bonchev–Trinajstić information content (AvgIpc) is 2.56. The van der Waals surface area contributed by atoms with Gasteiger partial charge in [0.05, 0.1) is 18.1 Å². The summed E-state index contributed by atoms with van der Waals surface area (Å²) in [6.45, 7) is 1.95. The molecule has 1 aromatic carbocycles. The smallest absolute Gasteiger partial charge is 0.334 e. The van der Waals surface area contributed by atoms with Gasteiger partial charge >= 0.3 is 5.69 Å². The Labute approximate surface area is 131 Å². The van der Waals surface area contributed by atoms with Gasteiger partial charge in [0.15, 0.2) is 0 Å². The van der Waals surface area contributed by atoms with Gasteiger partial charge in [0, 0.05) is 12.1 Å². The van der Waals surface area contributed by atoms with Gasteiger partial charge in [-0.2, -0.15) is 10.2 Å². The zero-order valence-corrected chi connectivity index (χ0v) is 12.4. The maximum Gasteiger partial charge on any atom is 0.334 e. The minimum atomic E-state index is -0.534. The summed E-state index contributed by atoms with van der Waals surface area (Å²) < 4.78 is 1.01. The third-order valence-corrected chi connectivity index (χ3v) is 3.43. The van der Waals surface area contributed by atoms with Crippen LogP contribution in [0.25, 0.3) is 5.69 Å². The molecule has 0 fully saturated rings. The first-order valence-electron chi connectivity index (χ1n) is 7.10. The van der Waals surface area contributed by atoms with Crippen LogP contribution >= 0.6 is 0 Å². The van der Waals surface area contributed by atoms with E-state index in [1.807, 2.05) is 37.3 Å². The standard InChI is InChI=1S/C16H15N5O2/c1-11(12-5-3-2-4-6-12)19-14-9-15(22)21(16(23)20-14)13-7-8-17-18-10-13/h2-11,19H,1H3,(H,20,23). The van der Waals surface area contributed by atoms with Gasteiger partial charge in [-0.15, -0.1) is 0 Å². The molecule has 0 aliphatic heterocycles. The monoisotopic (exact) mass is 309 g/mol. The number of H-pyrrole nitrogens is 1. The van der Waals surface area contributed by atoms with Crippen LogP contribution in [0.1, 0.15) is 18.5 Å². The summed E-state index contributed by atoms with van der Waals surface area (Å²) in [6, 6.07) is 12.6. The molecule has 0 radical (unpaired) electrons. The summed E-state index contributed by atoms with van der Waals surface area (Å²) in [6.07, 6.45) is 2.78. The van der Waals surface area contributed by atoms with Crippen LogP contribution in [0.5, 0.6) is 0 Å². The Hall–Kier alpha value is -3.22. The Morgan fingerprint density at radius 1 is 1.13 bits per heavy atom.